The van der Waals surface area contributed by atoms with Crippen LogP contribution in [0, 0.1) is 11.3 Å². The van der Waals surface area contributed by atoms with Gasteiger partial charge >= 0.3 is 0 Å². The van der Waals surface area contributed by atoms with Crippen LogP contribution in [0.1, 0.15) is 12.5 Å². The lowest BCUT2D eigenvalue weighted by Gasteiger charge is -2.35. The van der Waals surface area contributed by atoms with Crippen molar-refractivity contribution in [2.75, 3.05) is 26.2 Å². The van der Waals surface area contributed by atoms with E-state index in [9.17, 15) is 13.2 Å². The van der Waals surface area contributed by atoms with Gasteiger partial charge in [-0.1, -0.05) is 30.3 Å². The van der Waals surface area contributed by atoms with E-state index in [1.165, 1.54) is 4.31 Å². The molecule has 0 bridgehead atoms. The SMILES string of the molecule is C[C@H](Oc1ccc(C#N)cc1)C(=O)N1CCN(S(=O)(=O)c2ccc3ccccc3c2)CC1. The smallest absolute Gasteiger partial charge is 0.263 e. The van der Waals surface area contributed by atoms with Crippen molar-refractivity contribution in [2.45, 2.75) is 17.9 Å². The molecule has 1 aliphatic rings. The molecule has 0 radical (unpaired) electrons. The predicted molar refractivity (Wildman–Crippen MR) is 121 cm³/mol. The summed E-state index contributed by atoms with van der Waals surface area (Å²) in [5.74, 6) is 0.305. The number of piperazine rings is 1. The number of carbonyl (C=O) groups excluding carboxylic acids is 1. The number of fused-ring (bicyclic) bond motifs is 1. The topological polar surface area (TPSA) is 90.7 Å². The molecule has 8 heteroatoms. The molecule has 1 saturated heterocycles. The number of ether oxygens (including phenoxy) is 1. The Hall–Kier alpha value is -3.41. The maximum absolute atomic E-state index is 13.1. The average molecular weight is 450 g/mol. The molecular weight excluding hydrogens is 426 g/mol. The van der Waals surface area contributed by atoms with E-state index in [0.29, 0.717) is 24.4 Å². The number of sulfonamides is 1. The Kier molecular flexibility index (Phi) is 6.12. The van der Waals surface area contributed by atoms with Crippen molar-refractivity contribution >= 4 is 26.7 Å². The zero-order valence-corrected chi connectivity index (χ0v) is 18.5. The molecule has 1 aliphatic heterocycles. The Balaban J connectivity index is 1.39. The third kappa shape index (κ3) is 4.44. The molecule has 1 amide bonds. The van der Waals surface area contributed by atoms with E-state index in [4.69, 9.17) is 10.00 Å². The van der Waals surface area contributed by atoms with E-state index < -0.39 is 16.1 Å². The molecule has 0 unspecified atom stereocenters. The Labute approximate surface area is 187 Å². The van der Waals surface area contributed by atoms with E-state index in [-0.39, 0.29) is 23.9 Å². The van der Waals surface area contributed by atoms with Crippen molar-refractivity contribution in [3.63, 3.8) is 0 Å². The first-order valence-corrected chi connectivity index (χ1v) is 11.8. The minimum Gasteiger partial charge on any atom is -0.481 e. The number of rotatable bonds is 5. The first-order valence-electron chi connectivity index (χ1n) is 10.3. The molecule has 3 aromatic carbocycles. The predicted octanol–water partition coefficient (Wildman–Crippen LogP) is 3.01. The summed E-state index contributed by atoms with van der Waals surface area (Å²) in [5, 5.41) is 10.7. The Morgan fingerprint density at radius 1 is 0.969 bits per heavy atom. The lowest BCUT2D eigenvalue weighted by atomic mass is 10.1. The third-order valence-electron chi connectivity index (χ3n) is 5.55. The molecule has 7 nitrogen and oxygen atoms in total. The van der Waals surface area contributed by atoms with Crippen LogP contribution in [0.3, 0.4) is 0 Å². The highest BCUT2D eigenvalue weighted by Crippen LogP contribution is 2.23. The molecule has 32 heavy (non-hydrogen) atoms. The van der Waals surface area contributed by atoms with Gasteiger partial charge < -0.3 is 9.64 Å². The Morgan fingerprint density at radius 3 is 2.28 bits per heavy atom. The van der Waals surface area contributed by atoms with Gasteiger partial charge in [-0.2, -0.15) is 9.57 Å². The molecule has 1 heterocycles. The van der Waals surface area contributed by atoms with Gasteiger partial charge in [-0.3, -0.25) is 4.79 Å². The van der Waals surface area contributed by atoms with Gasteiger partial charge in [0.05, 0.1) is 16.5 Å². The zero-order valence-electron chi connectivity index (χ0n) is 17.6. The van der Waals surface area contributed by atoms with Crippen LogP contribution in [0.4, 0.5) is 0 Å². The zero-order chi connectivity index (χ0) is 22.7. The molecule has 1 fully saturated rings. The highest BCUT2D eigenvalue weighted by molar-refractivity contribution is 7.89. The maximum Gasteiger partial charge on any atom is 0.263 e. The number of nitrogens with zero attached hydrogens (tertiary/aromatic N) is 3. The van der Waals surface area contributed by atoms with Crippen molar-refractivity contribution in [2.24, 2.45) is 0 Å². The molecule has 0 N–H and O–H groups in total. The second-order valence-corrected chi connectivity index (χ2v) is 9.57. The summed E-state index contributed by atoms with van der Waals surface area (Å²) in [7, 11) is -3.64. The summed E-state index contributed by atoms with van der Waals surface area (Å²) < 4.78 is 33.3. The fourth-order valence-electron chi connectivity index (χ4n) is 3.75. The van der Waals surface area contributed by atoms with E-state index in [1.807, 2.05) is 36.4 Å². The number of hydrogen-bond acceptors (Lipinski definition) is 5. The molecule has 4 rings (SSSR count). The minimum atomic E-state index is -3.64. The lowest BCUT2D eigenvalue weighted by molar-refractivity contribution is -0.139. The molecule has 164 valence electrons. The molecular formula is C24H23N3O4S. The quantitative estimate of drug-likeness (QED) is 0.597. The third-order valence-corrected chi connectivity index (χ3v) is 7.45. The van der Waals surface area contributed by atoms with Gasteiger partial charge in [0.2, 0.25) is 10.0 Å². The minimum absolute atomic E-state index is 0.197. The van der Waals surface area contributed by atoms with Crippen LogP contribution in [-0.4, -0.2) is 55.8 Å². The summed E-state index contributed by atoms with van der Waals surface area (Å²) in [4.78, 5) is 14.7. The molecule has 3 aromatic rings. The second-order valence-electron chi connectivity index (χ2n) is 7.63. The fourth-order valence-corrected chi connectivity index (χ4v) is 5.20. The summed E-state index contributed by atoms with van der Waals surface area (Å²) in [6.45, 7) is 2.72. The highest BCUT2D eigenvalue weighted by atomic mass is 32.2. The van der Waals surface area contributed by atoms with Crippen molar-refractivity contribution in [3.05, 3.63) is 72.3 Å². The summed E-state index contributed by atoms with van der Waals surface area (Å²) >= 11 is 0. The van der Waals surface area contributed by atoms with E-state index in [1.54, 1.807) is 48.2 Å². The van der Waals surface area contributed by atoms with Crippen LogP contribution in [0.2, 0.25) is 0 Å². The van der Waals surface area contributed by atoms with E-state index in [0.717, 1.165) is 10.8 Å². The van der Waals surface area contributed by atoms with Crippen LogP contribution < -0.4 is 4.74 Å². The van der Waals surface area contributed by atoms with Gasteiger partial charge in [0, 0.05) is 26.2 Å². The number of hydrogen-bond donors (Lipinski definition) is 0. The van der Waals surface area contributed by atoms with Gasteiger partial charge in [0.25, 0.3) is 5.91 Å². The molecule has 0 aromatic heterocycles. The molecule has 0 aliphatic carbocycles. The van der Waals surface area contributed by atoms with Gasteiger partial charge in [0.15, 0.2) is 6.10 Å². The van der Waals surface area contributed by atoms with Gasteiger partial charge in [-0.25, -0.2) is 8.42 Å². The number of benzene rings is 3. The molecule has 1 atom stereocenters. The van der Waals surface area contributed by atoms with Gasteiger partial charge in [-0.05, 0) is 54.1 Å². The first kappa shape index (κ1) is 21.8. The van der Waals surface area contributed by atoms with Crippen LogP contribution in [0.5, 0.6) is 5.75 Å². The van der Waals surface area contributed by atoms with Crippen molar-refractivity contribution < 1.29 is 17.9 Å². The lowest BCUT2D eigenvalue weighted by Crippen LogP contribution is -2.53. The highest BCUT2D eigenvalue weighted by Gasteiger charge is 2.32. The van der Waals surface area contributed by atoms with Crippen molar-refractivity contribution in [1.29, 1.82) is 5.26 Å². The molecule has 0 spiro atoms. The Morgan fingerprint density at radius 2 is 1.62 bits per heavy atom. The Bertz CT molecular complexity index is 1270. The number of nitriles is 1. The van der Waals surface area contributed by atoms with Crippen LogP contribution in [0.15, 0.2) is 71.6 Å². The fraction of sp³-hybridized carbons (Fsp3) is 0.250. The van der Waals surface area contributed by atoms with Gasteiger partial charge in [0.1, 0.15) is 5.75 Å². The van der Waals surface area contributed by atoms with Crippen LogP contribution in [-0.2, 0) is 14.8 Å². The van der Waals surface area contributed by atoms with Crippen LogP contribution in [0.25, 0.3) is 10.8 Å². The largest absolute Gasteiger partial charge is 0.481 e. The number of carbonyl (C=O) groups is 1. The van der Waals surface area contributed by atoms with Crippen LogP contribution >= 0.6 is 0 Å². The first-order chi connectivity index (χ1) is 15.4. The van der Waals surface area contributed by atoms with Gasteiger partial charge in [-0.15, -0.1) is 0 Å². The molecule has 0 saturated carbocycles. The van der Waals surface area contributed by atoms with E-state index in [2.05, 4.69) is 0 Å². The monoisotopic (exact) mass is 449 g/mol. The standard InChI is InChI=1S/C24H23N3O4S/c1-18(31-22-9-6-19(17-25)7-10-22)24(28)26-12-14-27(15-13-26)32(29,30)23-11-8-20-4-2-3-5-21(20)16-23/h2-11,16,18H,12-15H2,1H3/t18-/m0/s1. The average Bonchev–Trinajstić information content (AvgIpc) is 2.83. The number of amides is 1. The maximum atomic E-state index is 13.1. The summed E-state index contributed by atoms with van der Waals surface area (Å²) in [6.07, 6.45) is -0.716. The van der Waals surface area contributed by atoms with E-state index >= 15 is 0 Å². The summed E-state index contributed by atoms with van der Waals surface area (Å²) in [6, 6.07) is 21.3. The summed E-state index contributed by atoms with van der Waals surface area (Å²) in [5.41, 5.74) is 0.514. The van der Waals surface area contributed by atoms with Crippen molar-refractivity contribution in [3.8, 4) is 11.8 Å². The second kappa shape index (κ2) is 8.99. The normalized spacial score (nSPS) is 15.8. The van der Waals surface area contributed by atoms with Crippen molar-refractivity contribution in [1.82, 2.24) is 9.21 Å².